The van der Waals surface area contributed by atoms with Crippen molar-refractivity contribution in [1.29, 1.82) is 0 Å². The summed E-state index contributed by atoms with van der Waals surface area (Å²) in [5, 5.41) is 3.60. The summed E-state index contributed by atoms with van der Waals surface area (Å²) >= 11 is 0. The minimum Gasteiger partial charge on any atom is -0.494 e. The summed E-state index contributed by atoms with van der Waals surface area (Å²) in [5.41, 5.74) is 1.43. The number of nitrogens with one attached hydrogen (secondary N) is 1. The van der Waals surface area contributed by atoms with Crippen LogP contribution in [0, 0.1) is 11.8 Å². The number of H-pyrrole nitrogens is 1. The van der Waals surface area contributed by atoms with Gasteiger partial charge in [-0.3, -0.25) is 4.79 Å². The van der Waals surface area contributed by atoms with Crippen LogP contribution in [-0.2, 0) is 4.74 Å². The topological polar surface area (TPSA) is 80.8 Å². The van der Waals surface area contributed by atoms with Gasteiger partial charge in [0.25, 0.3) is 0 Å². The lowest BCUT2D eigenvalue weighted by molar-refractivity contribution is 0.277. The summed E-state index contributed by atoms with van der Waals surface area (Å²) in [5.74, 6) is 0.390. The Morgan fingerprint density at radius 3 is 2.37 bits per heavy atom. The number of benzene rings is 1. The number of aryl methyl sites for hydroxylation is 1. The number of methoxy groups -OCH3 is 2. The molecule has 0 bridgehead atoms. The van der Waals surface area contributed by atoms with Crippen LogP contribution < -0.4 is 10.3 Å². The number of aromatic amines is 1. The van der Waals surface area contributed by atoms with Crippen LogP contribution in [0.15, 0.2) is 28.2 Å². The highest BCUT2D eigenvalue weighted by Gasteiger charge is 2.11. The molecule has 0 saturated heterocycles. The summed E-state index contributed by atoms with van der Waals surface area (Å²) < 4.78 is 9.40. The van der Waals surface area contributed by atoms with Crippen LogP contribution in [0.1, 0.15) is 5.56 Å². The van der Waals surface area contributed by atoms with Crippen LogP contribution in [0.4, 0.5) is 5.69 Å². The molecular weight excluding hydrogens is 248 g/mol. The fourth-order valence-corrected chi connectivity index (χ4v) is 1.78. The largest absolute Gasteiger partial charge is 0.494 e. The Bertz CT molecular complexity index is 634. The van der Waals surface area contributed by atoms with Crippen LogP contribution in [0.25, 0.3) is 10.9 Å². The fourth-order valence-electron chi connectivity index (χ4n) is 1.78. The molecule has 0 unspecified atom stereocenters. The highest BCUT2D eigenvalue weighted by molar-refractivity contribution is 5.92. The zero-order valence-electron chi connectivity index (χ0n) is 11.3. The summed E-state index contributed by atoms with van der Waals surface area (Å²) in [4.78, 5) is 24.6. The highest BCUT2D eigenvalue weighted by Crippen LogP contribution is 2.35. The lowest BCUT2D eigenvalue weighted by Gasteiger charge is -2.08. The molecule has 0 aliphatic heterocycles. The Balaban J connectivity index is 0.000000550. The predicted molar refractivity (Wildman–Crippen MR) is 74.2 cm³/mol. The van der Waals surface area contributed by atoms with E-state index >= 15 is 0 Å². The third-order valence-corrected chi connectivity index (χ3v) is 2.44. The number of pyridine rings is 1. The van der Waals surface area contributed by atoms with Crippen LogP contribution >= 0.6 is 0 Å². The van der Waals surface area contributed by atoms with E-state index in [1.165, 1.54) is 19.2 Å². The quantitative estimate of drug-likeness (QED) is 0.845. The Morgan fingerprint density at radius 1 is 1.21 bits per heavy atom. The van der Waals surface area contributed by atoms with Crippen LogP contribution in [-0.4, -0.2) is 26.3 Å². The molecule has 2 aromatic rings. The van der Waals surface area contributed by atoms with E-state index in [-0.39, 0.29) is 11.2 Å². The summed E-state index contributed by atoms with van der Waals surface area (Å²) in [6.45, 7) is 1.79. The minimum atomic E-state index is -0.182. The average molecular weight is 264 g/mol. The average Bonchev–Trinajstić information content (AvgIpc) is 2.38. The fraction of sp³-hybridized carbons (Fsp3) is 0.308. The second-order valence-electron chi connectivity index (χ2n) is 3.86. The Morgan fingerprint density at radius 2 is 1.84 bits per heavy atom. The molecule has 0 aliphatic rings. The molecular formula is C13H16N2O4. The van der Waals surface area contributed by atoms with Gasteiger partial charge < -0.3 is 14.5 Å². The van der Waals surface area contributed by atoms with E-state index in [1.807, 2.05) is 0 Å². The van der Waals surface area contributed by atoms with Gasteiger partial charge in [0.15, 0.2) is 11.4 Å². The number of hydrogen-bond donors (Lipinski definition) is 1. The molecule has 1 aromatic heterocycles. The number of ether oxygens (including phenoxy) is 2. The van der Waals surface area contributed by atoms with E-state index in [4.69, 9.17) is 4.74 Å². The van der Waals surface area contributed by atoms with Crippen molar-refractivity contribution in [3.8, 4) is 5.75 Å². The molecule has 102 valence electrons. The second kappa shape index (κ2) is 6.65. The predicted octanol–water partition coefficient (Wildman–Crippen LogP) is 2.51. The molecule has 1 aromatic carbocycles. The van der Waals surface area contributed by atoms with Gasteiger partial charge in [0.1, 0.15) is 0 Å². The molecule has 0 aliphatic carbocycles. The third-order valence-electron chi connectivity index (χ3n) is 2.44. The van der Waals surface area contributed by atoms with Gasteiger partial charge in [-0.15, -0.1) is 4.91 Å². The maximum atomic E-state index is 11.3. The first kappa shape index (κ1) is 14.8. The number of nitrogens with zero attached hydrogens (tertiary/aromatic N) is 1. The molecule has 0 radical (unpaired) electrons. The summed E-state index contributed by atoms with van der Waals surface area (Å²) in [7, 11) is 4.72. The SMILES string of the molecule is COC.COc1c(N=O)ccc2[nH]c(=O)cc(C)c12. The van der Waals surface area contributed by atoms with Gasteiger partial charge >= 0.3 is 0 Å². The Hall–Kier alpha value is -2.21. The molecule has 19 heavy (non-hydrogen) atoms. The summed E-state index contributed by atoms with van der Waals surface area (Å²) in [6, 6.07) is 4.62. The Labute approximate surface area is 110 Å². The number of fused-ring (bicyclic) bond motifs is 1. The maximum absolute atomic E-state index is 11.3. The zero-order chi connectivity index (χ0) is 14.4. The minimum absolute atomic E-state index is 0.182. The lowest BCUT2D eigenvalue weighted by atomic mass is 10.1. The first-order valence-electron chi connectivity index (χ1n) is 5.53. The van der Waals surface area contributed by atoms with E-state index in [0.29, 0.717) is 16.7 Å². The van der Waals surface area contributed by atoms with Crippen LogP contribution in [0.5, 0.6) is 5.75 Å². The van der Waals surface area contributed by atoms with Gasteiger partial charge in [0, 0.05) is 25.7 Å². The molecule has 6 heteroatoms. The van der Waals surface area contributed by atoms with E-state index in [1.54, 1.807) is 27.2 Å². The zero-order valence-corrected chi connectivity index (χ0v) is 11.3. The van der Waals surface area contributed by atoms with E-state index < -0.39 is 0 Å². The number of aromatic nitrogens is 1. The van der Waals surface area contributed by atoms with Gasteiger partial charge in [0.05, 0.1) is 12.6 Å². The van der Waals surface area contributed by atoms with Crippen molar-refractivity contribution in [2.45, 2.75) is 6.92 Å². The molecule has 0 spiro atoms. The van der Waals surface area contributed by atoms with Crippen molar-refractivity contribution in [1.82, 2.24) is 4.98 Å². The van der Waals surface area contributed by atoms with Crippen LogP contribution in [0.3, 0.4) is 0 Å². The molecule has 0 saturated carbocycles. The van der Waals surface area contributed by atoms with Crippen molar-refractivity contribution in [3.63, 3.8) is 0 Å². The van der Waals surface area contributed by atoms with Crippen LogP contribution in [0.2, 0.25) is 0 Å². The molecule has 6 nitrogen and oxygen atoms in total. The van der Waals surface area contributed by atoms with Gasteiger partial charge in [-0.1, -0.05) is 0 Å². The normalized spacial score (nSPS) is 9.68. The van der Waals surface area contributed by atoms with Crippen molar-refractivity contribution in [3.05, 3.63) is 39.0 Å². The molecule has 0 atom stereocenters. The first-order chi connectivity index (χ1) is 9.08. The van der Waals surface area contributed by atoms with Gasteiger partial charge in [-0.2, -0.15) is 0 Å². The standard InChI is InChI=1S/C11H10N2O3.C2H6O/c1-6-5-9(14)12-7-3-4-8(13-15)11(16-2)10(6)7;1-3-2/h3-5H,1-2H3,(H,12,14);1-2H3. The van der Waals surface area contributed by atoms with E-state index in [2.05, 4.69) is 14.9 Å². The smallest absolute Gasteiger partial charge is 0.248 e. The molecule has 0 amide bonds. The van der Waals surface area contributed by atoms with Crippen molar-refractivity contribution >= 4 is 16.6 Å². The lowest BCUT2D eigenvalue weighted by Crippen LogP contribution is -2.05. The van der Waals surface area contributed by atoms with E-state index in [0.717, 1.165) is 5.56 Å². The molecule has 0 fully saturated rings. The van der Waals surface area contributed by atoms with Crippen molar-refractivity contribution < 1.29 is 9.47 Å². The molecule has 2 rings (SSSR count). The van der Waals surface area contributed by atoms with Crippen molar-refractivity contribution in [2.75, 3.05) is 21.3 Å². The van der Waals surface area contributed by atoms with Gasteiger partial charge in [0.2, 0.25) is 5.56 Å². The van der Waals surface area contributed by atoms with Gasteiger partial charge in [-0.25, -0.2) is 0 Å². The van der Waals surface area contributed by atoms with E-state index in [9.17, 15) is 9.70 Å². The number of rotatable bonds is 2. The second-order valence-corrected chi connectivity index (χ2v) is 3.86. The first-order valence-corrected chi connectivity index (χ1v) is 5.53. The monoisotopic (exact) mass is 264 g/mol. The number of nitroso groups, excluding NO2 is 1. The number of hydrogen-bond acceptors (Lipinski definition) is 5. The summed E-state index contributed by atoms with van der Waals surface area (Å²) in [6.07, 6.45) is 0. The van der Waals surface area contributed by atoms with Gasteiger partial charge in [-0.05, 0) is 29.8 Å². The highest BCUT2D eigenvalue weighted by atomic mass is 16.5. The maximum Gasteiger partial charge on any atom is 0.248 e. The van der Waals surface area contributed by atoms with Crippen molar-refractivity contribution in [2.24, 2.45) is 5.18 Å². The Kier molecular flexibility index (Phi) is 5.20. The third kappa shape index (κ3) is 3.17. The molecule has 1 N–H and O–H groups in total. The molecule has 1 heterocycles.